The number of carbonyl (C=O) groups excluding carboxylic acids is 2. The smallest absolute Gasteiger partial charge is 0.239 e. The predicted octanol–water partition coefficient (Wildman–Crippen LogP) is 3.25. The van der Waals surface area contributed by atoms with Gasteiger partial charge >= 0.3 is 0 Å². The van der Waals surface area contributed by atoms with Crippen LogP contribution in [-0.4, -0.2) is 35.8 Å². The highest BCUT2D eigenvalue weighted by atomic mass is 16.3. The van der Waals surface area contributed by atoms with Gasteiger partial charge in [0.05, 0.1) is 6.54 Å². The average Bonchev–Trinajstić information content (AvgIpc) is 3.06. The molecule has 1 heterocycles. The minimum absolute atomic E-state index is 0.0425. The first kappa shape index (κ1) is 18.8. The Hall–Kier alpha value is -2.56. The first-order chi connectivity index (χ1) is 12.0. The number of benzene rings is 1. The molecule has 0 saturated heterocycles. The lowest BCUT2D eigenvalue weighted by Crippen LogP contribution is -2.42. The normalized spacial score (nSPS) is 10.7. The lowest BCUT2D eigenvalue weighted by atomic mass is 10.2. The number of furan rings is 1. The topological polar surface area (TPSA) is 62.6 Å². The van der Waals surface area contributed by atoms with Crippen molar-refractivity contribution in [2.45, 2.75) is 39.7 Å². The van der Waals surface area contributed by atoms with Crippen LogP contribution in [0.15, 0.2) is 46.9 Å². The summed E-state index contributed by atoms with van der Waals surface area (Å²) in [6.07, 6.45) is 0.846. The van der Waals surface area contributed by atoms with Gasteiger partial charge in [-0.05, 0) is 32.9 Å². The largest absolute Gasteiger partial charge is 0.461 e. The number of nitrogens with zero attached hydrogens (tertiary/aromatic N) is 1. The van der Waals surface area contributed by atoms with Crippen molar-refractivity contribution in [1.29, 1.82) is 0 Å². The first-order valence-electron chi connectivity index (χ1n) is 8.71. The second-order valence-corrected chi connectivity index (χ2v) is 6.26. The molecule has 1 aromatic heterocycles. The lowest BCUT2D eigenvalue weighted by Gasteiger charge is -2.21. The molecule has 2 rings (SSSR count). The summed E-state index contributed by atoms with van der Waals surface area (Å²) in [5.41, 5.74) is 1.01. The lowest BCUT2D eigenvalue weighted by molar-refractivity contribution is -0.136. The van der Waals surface area contributed by atoms with E-state index in [1.807, 2.05) is 63.2 Å². The van der Waals surface area contributed by atoms with Gasteiger partial charge in [0.1, 0.15) is 11.5 Å². The Morgan fingerprint density at radius 1 is 1.12 bits per heavy atom. The van der Waals surface area contributed by atoms with Crippen molar-refractivity contribution in [1.82, 2.24) is 10.2 Å². The van der Waals surface area contributed by atoms with E-state index in [2.05, 4.69) is 5.32 Å². The third kappa shape index (κ3) is 5.78. The van der Waals surface area contributed by atoms with Crippen molar-refractivity contribution in [3.05, 3.63) is 48.2 Å². The molecule has 1 N–H and O–H groups in total. The molecule has 134 valence electrons. The molecule has 1 aromatic carbocycles. The van der Waals surface area contributed by atoms with Gasteiger partial charge in [0.25, 0.3) is 0 Å². The Balaban J connectivity index is 1.88. The van der Waals surface area contributed by atoms with Gasteiger partial charge in [-0.2, -0.15) is 0 Å². The zero-order chi connectivity index (χ0) is 18.2. The Bertz CT molecular complexity index is 692. The number of likely N-dealkylation sites (N-methyl/N-ethyl adjacent to an activating group) is 1. The molecule has 0 aliphatic carbocycles. The molecule has 0 bridgehead atoms. The quantitative estimate of drug-likeness (QED) is 0.801. The van der Waals surface area contributed by atoms with Crippen LogP contribution in [0.5, 0.6) is 0 Å². The molecule has 25 heavy (non-hydrogen) atoms. The molecule has 2 aromatic rings. The molecule has 0 fully saturated rings. The zero-order valence-corrected chi connectivity index (χ0v) is 15.1. The van der Waals surface area contributed by atoms with Crippen LogP contribution in [0.1, 0.15) is 33.0 Å². The van der Waals surface area contributed by atoms with Crippen LogP contribution in [0.3, 0.4) is 0 Å². The van der Waals surface area contributed by atoms with Gasteiger partial charge in [0.2, 0.25) is 11.8 Å². The Morgan fingerprint density at radius 3 is 2.48 bits per heavy atom. The highest BCUT2D eigenvalue weighted by Gasteiger charge is 2.16. The summed E-state index contributed by atoms with van der Waals surface area (Å²) in [5, 5.41) is 2.81. The van der Waals surface area contributed by atoms with Gasteiger partial charge in [0.15, 0.2) is 0 Å². The van der Waals surface area contributed by atoms with Gasteiger partial charge in [0, 0.05) is 31.0 Å². The van der Waals surface area contributed by atoms with Crippen LogP contribution in [0.4, 0.5) is 0 Å². The molecule has 0 radical (unpaired) electrons. The van der Waals surface area contributed by atoms with Gasteiger partial charge in [-0.3, -0.25) is 9.59 Å². The number of hydrogen-bond acceptors (Lipinski definition) is 3. The summed E-state index contributed by atoms with van der Waals surface area (Å²) in [5.74, 6) is 1.40. The number of rotatable bonds is 8. The van der Waals surface area contributed by atoms with Gasteiger partial charge in [-0.25, -0.2) is 0 Å². The van der Waals surface area contributed by atoms with Crippen molar-refractivity contribution in [2.24, 2.45) is 0 Å². The van der Waals surface area contributed by atoms with Crippen LogP contribution >= 0.6 is 0 Å². The van der Waals surface area contributed by atoms with Crippen molar-refractivity contribution in [3.8, 4) is 11.3 Å². The van der Waals surface area contributed by atoms with Gasteiger partial charge < -0.3 is 14.6 Å². The van der Waals surface area contributed by atoms with Crippen LogP contribution in [-0.2, 0) is 16.0 Å². The van der Waals surface area contributed by atoms with Gasteiger partial charge in [-0.15, -0.1) is 0 Å². The third-order valence-corrected chi connectivity index (χ3v) is 3.82. The van der Waals surface area contributed by atoms with Crippen molar-refractivity contribution >= 4 is 11.8 Å². The molecule has 0 saturated carbocycles. The monoisotopic (exact) mass is 342 g/mol. The molecule has 0 atom stereocenters. The van der Waals surface area contributed by atoms with Crippen molar-refractivity contribution in [2.75, 3.05) is 13.1 Å². The maximum absolute atomic E-state index is 12.3. The van der Waals surface area contributed by atoms with E-state index in [-0.39, 0.29) is 24.4 Å². The number of amides is 2. The minimum atomic E-state index is -0.130. The molecule has 5 nitrogen and oxygen atoms in total. The Kier molecular flexibility index (Phi) is 6.81. The van der Waals surface area contributed by atoms with Gasteiger partial charge in [-0.1, -0.05) is 30.3 Å². The Morgan fingerprint density at radius 2 is 1.84 bits per heavy atom. The second-order valence-electron chi connectivity index (χ2n) is 6.26. The third-order valence-electron chi connectivity index (χ3n) is 3.82. The molecular formula is C20H26N2O3. The van der Waals surface area contributed by atoms with E-state index >= 15 is 0 Å². The molecule has 0 spiro atoms. The summed E-state index contributed by atoms with van der Waals surface area (Å²) < 4.78 is 5.82. The van der Waals surface area contributed by atoms with Crippen LogP contribution in [0.2, 0.25) is 0 Å². The standard InChI is InChI=1S/C20H26N2O3/c1-4-22(14-19(23)21-15(2)3)20(24)13-11-17-10-12-18(25-17)16-8-6-5-7-9-16/h5-10,12,15H,4,11,13-14H2,1-3H3,(H,21,23). The number of nitrogens with one attached hydrogen (secondary N) is 1. The van der Waals surface area contributed by atoms with Crippen LogP contribution in [0.25, 0.3) is 11.3 Å². The van der Waals surface area contributed by atoms with E-state index in [4.69, 9.17) is 4.42 Å². The number of carbonyl (C=O) groups is 2. The maximum Gasteiger partial charge on any atom is 0.239 e. The van der Waals surface area contributed by atoms with E-state index in [1.165, 1.54) is 0 Å². The summed E-state index contributed by atoms with van der Waals surface area (Å²) >= 11 is 0. The second kappa shape index (κ2) is 9.06. The summed E-state index contributed by atoms with van der Waals surface area (Å²) in [6.45, 7) is 6.29. The molecule has 0 unspecified atom stereocenters. The summed E-state index contributed by atoms with van der Waals surface area (Å²) in [4.78, 5) is 25.8. The summed E-state index contributed by atoms with van der Waals surface area (Å²) in [6, 6.07) is 13.7. The molecule has 5 heteroatoms. The van der Waals surface area contributed by atoms with Crippen molar-refractivity contribution < 1.29 is 14.0 Å². The summed E-state index contributed by atoms with van der Waals surface area (Å²) in [7, 11) is 0. The van der Waals surface area contributed by atoms with E-state index in [0.717, 1.165) is 17.1 Å². The van der Waals surface area contributed by atoms with Crippen molar-refractivity contribution in [3.63, 3.8) is 0 Å². The molecular weight excluding hydrogens is 316 g/mol. The van der Waals surface area contributed by atoms with E-state index < -0.39 is 0 Å². The van der Waals surface area contributed by atoms with Crippen LogP contribution in [0, 0.1) is 0 Å². The highest BCUT2D eigenvalue weighted by Crippen LogP contribution is 2.22. The Labute approximate surface area is 149 Å². The fourth-order valence-corrected chi connectivity index (χ4v) is 2.58. The maximum atomic E-state index is 12.3. The minimum Gasteiger partial charge on any atom is -0.461 e. The first-order valence-corrected chi connectivity index (χ1v) is 8.71. The fraction of sp³-hybridized carbons (Fsp3) is 0.400. The average molecular weight is 342 g/mol. The molecule has 0 aliphatic heterocycles. The van der Waals surface area contributed by atoms with Crippen LogP contribution < -0.4 is 5.32 Å². The van der Waals surface area contributed by atoms with E-state index in [0.29, 0.717) is 19.4 Å². The zero-order valence-electron chi connectivity index (χ0n) is 15.1. The fourth-order valence-electron chi connectivity index (χ4n) is 2.58. The molecule has 2 amide bonds. The van der Waals surface area contributed by atoms with E-state index in [9.17, 15) is 9.59 Å². The molecule has 0 aliphatic rings. The SMILES string of the molecule is CCN(CC(=O)NC(C)C)C(=O)CCc1ccc(-c2ccccc2)o1. The highest BCUT2D eigenvalue weighted by molar-refractivity contribution is 5.85. The van der Waals surface area contributed by atoms with E-state index in [1.54, 1.807) is 4.90 Å². The number of hydrogen-bond donors (Lipinski definition) is 1. The number of aryl methyl sites for hydroxylation is 1. The predicted molar refractivity (Wildman–Crippen MR) is 98.0 cm³/mol.